The second kappa shape index (κ2) is 4.90. The lowest BCUT2D eigenvalue weighted by Gasteiger charge is -2.46. The lowest BCUT2D eigenvalue weighted by molar-refractivity contribution is 0.289. The van der Waals surface area contributed by atoms with Gasteiger partial charge in [0.2, 0.25) is 0 Å². The highest BCUT2D eigenvalue weighted by atomic mass is 32.2. The zero-order chi connectivity index (χ0) is 16.2. The molecule has 2 aliphatic rings. The molecule has 2 aromatic rings. The van der Waals surface area contributed by atoms with Crippen LogP contribution in [0.4, 0.5) is 5.82 Å². The van der Waals surface area contributed by atoms with E-state index in [4.69, 9.17) is 0 Å². The summed E-state index contributed by atoms with van der Waals surface area (Å²) >= 11 is 0. The number of nitrogens with zero attached hydrogens (tertiary/aromatic N) is 4. The van der Waals surface area contributed by atoms with E-state index in [1.54, 1.807) is 10.9 Å². The van der Waals surface area contributed by atoms with Gasteiger partial charge in [-0.15, -0.1) is 0 Å². The van der Waals surface area contributed by atoms with Crippen LogP contribution in [0.5, 0.6) is 0 Å². The van der Waals surface area contributed by atoms with Crippen molar-refractivity contribution in [2.75, 3.05) is 11.1 Å². The summed E-state index contributed by atoms with van der Waals surface area (Å²) in [6, 6.07) is 0.136. The molecule has 0 amide bonds. The number of sulfone groups is 1. The number of fused-ring (bicyclic) bond motifs is 1. The van der Waals surface area contributed by atoms with E-state index < -0.39 is 14.6 Å². The number of hydrogen-bond acceptors (Lipinski definition) is 6. The molecule has 8 heteroatoms. The largest absolute Gasteiger partial charge is 0.367 e. The highest BCUT2D eigenvalue weighted by Gasteiger charge is 2.52. The normalized spacial score (nSPS) is 25.4. The molecular formula is C15H21N5O2S. The first-order valence-electron chi connectivity index (χ1n) is 8.05. The maximum Gasteiger partial charge on any atom is 0.163 e. The van der Waals surface area contributed by atoms with Gasteiger partial charge in [-0.2, -0.15) is 5.10 Å². The van der Waals surface area contributed by atoms with E-state index in [-0.39, 0.29) is 11.8 Å². The smallest absolute Gasteiger partial charge is 0.163 e. The van der Waals surface area contributed by atoms with Crippen molar-refractivity contribution in [3.8, 4) is 0 Å². The van der Waals surface area contributed by atoms with Gasteiger partial charge in [0.05, 0.1) is 22.1 Å². The Labute approximate surface area is 135 Å². The van der Waals surface area contributed by atoms with Gasteiger partial charge < -0.3 is 5.32 Å². The molecule has 1 saturated heterocycles. The Balaban J connectivity index is 1.64. The van der Waals surface area contributed by atoms with Crippen molar-refractivity contribution in [3.05, 3.63) is 12.0 Å². The fourth-order valence-corrected chi connectivity index (χ4v) is 6.23. The molecule has 0 aromatic carbocycles. The van der Waals surface area contributed by atoms with Crippen LogP contribution >= 0.6 is 0 Å². The Bertz CT molecular complexity index is 869. The van der Waals surface area contributed by atoms with E-state index in [1.165, 1.54) is 0 Å². The molecular weight excluding hydrogens is 314 g/mol. The van der Waals surface area contributed by atoms with E-state index in [1.807, 2.05) is 14.0 Å². The van der Waals surface area contributed by atoms with E-state index in [2.05, 4.69) is 20.4 Å². The maximum absolute atomic E-state index is 12.4. The molecule has 1 spiro atoms. The minimum absolute atomic E-state index is 0.136. The summed E-state index contributed by atoms with van der Waals surface area (Å²) in [4.78, 5) is 8.93. The quantitative estimate of drug-likeness (QED) is 0.896. The third-order valence-corrected chi connectivity index (χ3v) is 7.99. The summed E-state index contributed by atoms with van der Waals surface area (Å²) in [5.74, 6) is 1.72. The summed E-state index contributed by atoms with van der Waals surface area (Å²) in [5, 5.41) is 8.60. The minimum atomic E-state index is -2.95. The van der Waals surface area contributed by atoms with Crippen molar-refractivity contribution >= 4 is 26.7 Å². The van der Waals surface area contributed by atoms with Gasteiger partial charge in [0.1, 0.15) is 11.6 Å². The fraction of sp³-hybridized carbons (Fsp3) is 0.667. The molecule has 1 N–H and O–H groups in total. The molecule has 1 atom stereocenters. The first-order valence-corrected chi connectivity index (χ1v) is 9.71. The summed E-state index contributed by atoms with van der Waals surface area (Å²) in [7, 11) is -1.09. The monoisotopic (exact) mass is 335 g/mol. The molecule has 0 radical (unpaired) electrons. The molecule has 7 nitrogen and oxygen atoms in total. The highest BCUT2D eigenvalue weighted by Crippen LogP contribution is 2.47. The Morgan fingerprint density at radius 3 is 2.83 bits per heavy atom. The lowest BCUT2D eigenvalue weighted by Crippen LogP contribution is -2.53. The van der Waals surface area contributed by atoms with E-state index in [9.17, 15) is 8.42 Å². The third kappa shape index (κ3) is 2.22. The van der Waals surface area contributed by atoms with Crippen molar-refractivity contribution in [1.29, 1.82) is 0 Å². The zero-order valence-electron chi connectivity index (χ0n) is 13.4. The molecule has 1 saturated carbocycles. The average Bonchev–Trinajstić information content (AvgIpc) is 2.80. The zero-order valence-corrected chi connectivity index (χ0v) is 14.2. The number of aromatic nitrogens is 4. The molecule has 0 bridgehead atoms. The van der Waals surface area contributed by atoms with Crippen LogP contribution in [0, 0.1) is 6.92 Å². The number of nitrogens with one attached hydrogen (secondary N) is 1. The van der Waals surface area contributed by atoms with Crippen LogP contribution in [0.3, 0.4) is 0 Å². The molecule has 2 fully saturated rings. The summed E-state index contributed by atoms with van der Waals surface area (Å²) < 4.78 is 26.0. The lowest BCUT2D eigenvalue weighted by atomic mass is 9.79. The van der Waals surface area contributed by atoms with Gasteiger partial charge in [-0.3, -0.25) is 4.68 Å². The van der Waals surface area contributed by atoms with Crippen LogP contribution in [0.25, 0.3) is 11.0 Å². The maximum atomic E-state index is 12.4. The van der Waals surface area contributed by atoms with Crippen LogP contribution < -0.4 is 5.32 Å². The van der Waals surface area contributed by atoms with Crippen LogP contribution in [0.15, 0.2) is 6.20 Å². The van der Waals surface area contributed by atoms with Crippen molar-refractivity contribution in [2.45, 2.75) is 49.8 Å². The summed E-state index contributed by atoms with van der Waals surface area (Å²) in [6.45, 7) is 1.86. The van der Waals surface area contributed by atoms with Crippen LogP contribution in [-0.4, -0.2) is 44.7 Å². The van der Waals surface area contributed by atoms with Crippen molar-refractivity contribution in [3.63, 3.8) is 0 Å². The van der Waals surface area contributed by atoms with Gasteiger partial charge in [0.15, 0.2) is 15.5 Å². The summed E-state index contributed by atoms with van der Waals surface area (Å²) in [6.07, 6.45) is 5.70. The number of rotatable bonds is 2. The first kappa shape index (κ1) is 14.9. The summed E-state index contributed by atoms with van der Waals surface area (Å²) in [5.41, 5.74) is 0.793. The Morgan fingerprint density at radius 2 is 2.13 bits per heavy atom. The van der Waals surface area contributed by atoms with Crippen LogP contribution in [-0.2, 0) is 16.9 Å². The highest BCUT2D eigenvalue weighted by molar-refractivity contribution is 7.92. The van der Waals surface area contributed by atoms with Crippen molar-refractivity contribution in [1.82, 2.24) is 19.7 Å². The van der Waals surface area contributed by atoms with E-state index in [0.717, 1.165) is 36.1 Å². The van der Waals surface area contributed by atoms with Gasteiger partial charge >= 0.3 is 0 Å². The molecule has 124 valence electrons. The van der Waals surface area contributed by atoms with Crippen LogP contribution in [0.2, 0.25) is 0 Å². The van der Waals surface area contributed by atoms with Crippen LogP contribution in [0.1, 0.15) is 37.9 Å². The van der Waals surface area contributed by atoms with Gasteiger partial charge in [-0.05, 0) is 32.6 Å². The SMILES string of the molecule is Cc1nc(NC2CCS(=O)(=O)C3(CCC3)C2)c2cnn(C)c2n1. The molecule has 2 aromatic heterocycles. The number of hydrogen-bond donors (Lipinski definition) is 1. The second-order valence-electron chi connectivity index (χ2n) is 6.81. The molecule has 4 rings (SSSR count). The van der Waals surface area contributed by atoms with Gasteiger partial charge in [0.25, 0.3) is 0 Å². The second-order valence-corrected chi connectivity index (χ2v) is 9.32. The molecule has 3 heterocycles. The Kier molecular flexibility index (Phi) is 3.16. The molecule has 23 heavy (non-hydrogen) atoms. The van der Waals surface area contributed by atoms with E-state index in [0.29, 0.717) is 18.7 Å². The Morgan fingerprint density at radius 1 is 1.35 bits per heavy atom. The van der Waals surface area contributed by atoms with Crippen molar-refractivity contribution in [2.24, 2.45) is 7.05 Å². The topological polar surface area (TPSA) is 89.8 Å². The number of anilines is 1. The fourth-order valence-electron chi connectivity index (χ4n) is 3.84. The predicted octanol–water partition coefficient (Wildman–Crippen LogP) is 1.58. The first-order chi connectivity index (χ1) is 10.9. The number of aryl methyl sites for hydroxylation is 2. The van der Waals surface area contributed by atoms with Gasteiger partial charge in [-0.1, -0.05) is 6.42 Å². The third-order valence-electron chi connectivity index (χ3n) is 5.32. The molecule has 1 aliphatic heterocycles. The Hall–Kier alpha value is -1.70. The van der Waals surface area contributed by atoms with Crippen molar-refractivity contribution < 1.29 is 8.42 Å². The molecule has 1 aliphatic carbocycles. The van der Waals surface area contributed by atoms with Gasteiger partial charge in [0, 0.05) is 13.1 Å². The molecule has 1 unspecified atom stereocenters. The van der Waals surface area contributed by atoms with Gasteiger partial charge in [-0.25, -0.2) is 18.4 Å². The standard InChI is InChI=1S/C15H21N5O2S/c1-10-17-13(12-9-16-20(2)14(12)18-10)19-11-4-7-23(21,22)15(8-11)5-3-6-15/h9,11H,3-8H2,1-2H3,(H,17,18,19). The van der Waals surface area contributed by atoms with E-state index >= 15 is 0 Å². The predicted molar refractivity (Wildman–Crippen MR) is 88.1 cm³/mol. The minimum Gasteiger partial charge on any atom is -0.367 e. The average molecular weight is 335 g/mol.